The maximum absolute atomic E-state index is 10.9. The number of carboxylic acid groups (broad SMARTS) is 1. The van der Waals surface area contributed by atoms with Gasteiger partial charge in [0.2, 0.25) is 5.91 Å². The van der Waals surface area contributed by atoms with Gasteiger partial charge in [-0.1, -0.05) is 0 Å². The number of carbonyl (C=O) groups excluding carboxylic acids is 1. The van der Waals surface area contributed by atoms with E-state index < -0.39 is 12.0 Å². The van der Waals surface area contributed by atoms with Gasteiger partial charge in [-0.05, 0) is 19.9 Å². The number of amides is 1. The van der Waals surface area contributed by atoms with E-state index in [1.807, 2.05) is 0 Å². The Hall–Kier alpha value is -1.10. The maximum Gasteiger partial charge on any atom is 0.325 e. The van der Waals surface area contributed by atoms with Crippen LogP contribution in [0.1, 0.15) is 19.8 Å². The first-order valence-corrected chi connectivity index (χ1v) is 3.80. The number of nitrogens with two attached hydrogens (primary N) is 1. The normalized spacial score (nSPS) is 12.2. The summed E-state index contributed by atoms with van der Waals surface area (Å²) in [7, 11) is 0. The van der Waals surface area contributed by atoms with Crippen LogP contribution in [0.15, 0.2) is 0 Å². The van der Waals surface area contributed by atoms with Gasteiger partial charge in [-0.2, -0.15) is 0 Å². The number of rotatable bonds is 5. The van der Waals surface area contributed by atoms with Crippen LogP contribution in [-0.2, 0) is 9.59 Å². The Bertz CT molecular complexity index is 170. The van der Waals surface area contributed by atoms with Crippen LogP contribution in [0.2, 0.25) is 0 Å². The van der Waals surface area contributed by atoms with Gasteiger partial charge >= 0.3 is 5.97 Å². The Morgan fingerprint density at radius 2 is 2.17 bits per heavy atom. The van der Waals surface area contributed by atoms with E-state index in [2.05, 4.69) is 5.32 Å². The predicted octanol–water partition coefficient (Wildman–Crippen LogP) is -0.685. The third-order valence-electron chi connectivity index (χ3n) is 1.36. The highest BCUT2D eigenvalue weighted by Gasteiger charge is 2.12. The lowest BCUT2D eigenvalue weighted by Gasteiger charge is -2.07. The Morgan fingerprint density at radius 1 is 1.58 bits per heavy atom. The molecule has 70 valence electrons. The summed E-state index contributed by atoms with van der Waals surface area (Å²) in [5.74, 6) is -1.30. The van der Waals surface area contributed by atoms with Crippen molar-refractivity contribution in [3.8, 4) is 0 Å². The third kappa shape index (κ3) is 4.68. The molecule has 0 rings (SSSR count). The summed E-state index contributed by atoms with van der Waals surface area (Å²) in [6, 6.07) is -0.824. The number of nitrogens with one attached hydrogen (secondary N) is 1. The van der Waals surface area contributed by atoms with Crippen molar-refractivity contribution in [3.05, 3.63) is 0 Å². The van der Waals surface area contributed by atoms with E-state index in [9.17, 15) is 9.59 Å². The second-order valence-electron chi connectivity index (χ2n) is 2.52. The molecule has 1 unspecified atom stereocenters. The molecular weight excluding hydrogens is 160 g/mol. The molecule has 0 aliphatic rings. The highest BCUT2D eigenvalue weighted by Crippen LogP contribution is 1.88. The molecule has 1 amide bonds. The van der Waals surface area contributed by atoms with Crippen LogP contribution >= 0.6 is 0 Å². The topological polar surface area (TPSA) is 92.4 Å². The molecule has 12 heavy (non-hydrogen) atoms. The SMILES string of the molecule is CC(NC(=O)CCCN)C(=O)O. The quantitative estimate of drug-likeness (QED) is 0.514. The van der Waals surface area contributed by atoms with E-state index in [0.717, 1.165) is 0 Å². The molecule has 1 atom stereocenters. The fourth-order valence-electron chi connectivity index (χ4n) is 0.638. The number of hydrogen-bond acceptors (Lipinski definition) is 3. The van der Waals surface area contributed by atoms with Crippen molar-refractivity contribution in [1.82, 2.24) is 5.32 Å². The van der Waals surface area contributed by atoms with Gasteiger partial charge in [0, 0.05) is 6.42 Å². The minimum absolute atomic E-state index is 0.268. The molecule has 0 aromatic rings. The standard InChI is InChI=1S/C7H14N2O3/c1-5(7(11)12)9-6(10)3-2-4-8/h5H,2-4,8H2,1H3,(H,9,10)(H,11,12). The minimum atomic E-state index is -1.03. The maximum atomic E-state index is 10.9. The zero-order valence-electron chi connectivity index (χ0n) is 7.04. The van der Waals surface area contributed by atoms with Gasteiger partial charge in [-0.25, -0.2) is 0 Å². The Labute approximate surface area is 70.9 Å². The van der Waals surface area contributed by atoms with E-state index in [4.69, 9.17) is 10.8 Å². The molecule has 0 radical (unpaired) electrons. The van der Waals surface area contributed by atoms with Gasteiger partial charge in [-0.15, -0.1) is 0 Å². The van der Waals surface area contributed by atoms with Gasteiger partial charge in [0.15, 0.2) is 0 Å². The van der Waals surface area contributed by atoms with Gasteiger partial charge in [0.1, 0.15) is 6.04 Å². The predicted molar refractivity (Wildman–Crippen MR) is 43.5 cm³/mol. The summed E-state index contributed by atoms with van der Waals surface area (Å²) < 4.78 is 0. The first kappa shape index (κ1) is 10.9. The summed E-state index contributed by atoms with van der Waals surface area (Å²) in [5.41, 5.74) is 5.17. The number of hydrogen-bond donors (Lipinski definition) is 3. The van der Waals surface area contributed by atoms with Crippen LogP contribution < -0.4 is 11.1 Å². The minimum Gasteiger partial charge on any atom is -0.480 e. The summed E-state index contributed by atoms with van der Waals surface area (Å²) in [6.45, 7) is 1.86. The van der Waals surface area contributed by atoms with Crippen LogP contribution in [0.3, 0.4) is 0 Å². The zero-order valence-corrected chi connectivity index (χ0v) is 7.04. The number of carboxylic acids is 1. The molecular formula is C7H14N2O3. The monoisotopic (exact) mass is 174 g/mol. The fraction of sp³-hybridized carbons (Fsp3) is 0.714. The molecule has 0 fully saturated rings. The highest BCUT2D eigenvalue weighted by atomic mass is 16.4. The Balaban J connectivity index is 3.61. The van der Waals surface area contributed by atoms with E-state index in [0.29, 0.717) is 13.0 Å². The second kappa shape index (κ2) is 5.54. The Morgan fingerprint density at radius 3 is 2.58 bits per heavy atom. The third-order valence-corrected chi connectivity index (χ3v) is 1.36. The molecule has 0 saturated carbocycles. The van der Waals surface area contributed by atoms with Crippen molar-refractivity contribution < 1.29 is 14.7 Å². The van der Waals surface area contributed by atoms with Crippen molar-refractivity contribution in [2.45, 2.75) is 25.8 Å². The molecule has 0 heterocycles. The van der Waals surface area contributed by atoms with Crippen LogP contribution in [0.4, 0.5) is 0 Å². The molecule has 5 nitrogen and oxygen atoms in total. The molecule has 0 bridgehead atoms. The molecule has 0 saturated heterocycles. The van der Waals surface area contributed by atoms with Crippen molar-refractivity contribution in [3.63, 3.8) is 0 Å². The van der Waals surface area contributed by atoms with Crippen LogP contribution in [0.25, 0.3) is 0 Å². The first-order valence-electron chi connectivity index (χ1n) is 3.80. The Kier molecular flexibility index (Phi) is 5.03. The largest absolute Gasteiger partial charge is 0.480 e. The molecule has 0 spiro atoms. The van der Waals surface area contributed by atoms with Crippen molar-refractivity contribution >= 4 is 11.9 Å². The number of carbonyl (C=O) groups is 2. The molecule has 4 N–H and O–H groups in total. The van der Waals surface area contributed by atoms with Crippen LogP contribution in [0.5, 0.6) is 0 Å². The summed E-state index contributed by atoms with van der Waals surface area (Å²) in [5, 5.41) is 10.7. The highest BCUT2D eigenvalue weighted by molar-refractivity contribution is 5.83. The summed E-state index contributed by atoms with van der Waals surface area (Å²) >= 11 is 0. The summed E-state index contributed by atoms with van der Waals surface area (Å²) in [4.78, 5) is 21.2. The zero-order chi connectivity index (χ0) is 9.56. The lowest BCUT2D eigenvalue weighted by molar-refractivity contribution is -0.141. The van der Waals surface area contributed by atoms with Gasteiger partial charge < -0.3 is 16.2 Å². The average Bonchev–Trinajstić information content (AvgIpc) is 2.00. The van der Waals surface area contributed by atoms with Gasteiger partial charge in [0.25, 0.3) is 0 Å². The van der Waals surface area contributed by atoms with Crippen molar-refractivity contribution in [1.29, 1.82) is 0 Å². The van der Waals surface area contributed by atoms with Crippen molar-refractivity contribution in [2.75, 3.05) is 6.54 Å². The van der Waals surface area contributed by atoms with Crippen LogP contribution in [-0.4, -0.2) is 29.6 Å². The smallest absolute Gasteiger partial charge is 0.325 e. The van der Waals surface area contributed by atoms with Gasteiger partial charge in [-0.3, -0.25) is 9.59 Å². The van der Waals surface area contributed by atoms with E-state index in [-0.39, 0.29) is 12.3 Å². The lowest BCUT2D eigenvalue weighted by atomic mass is 10.2. The molecule has 0 aromatic carbocycles. The average molecular weight is 174 g/mol. The van der Waals surface area contributed by atoms with E-state index in [1.54, 1.807) is 0 Å². The molecule has 0 aliphatic carbocycles. The molecule has 0 aliphatic heterocycles. The second-order valence-corrected chi connectivity index (χ2v) is 2.52. The molecule has 0 aromatic heterocycles. The first-order chi connectivity index (χ1) is 5.57. The van der Waals surface area contributed by atoms with E-state index >= 15 is 0 Å². The lowest BCUT2D eigenvalue weighted by Crippen LogP contribution is -2.38. The number of aliphatic carboxylic acids is 1. The molecule has 5 heteroatoms. The van der Waals surface area contributed by atoms with Crippen molar-refractivity contribution in [2.24, 2.45) is 5.73 Å². The van der Waals surface area contributed by atoms with Crippen LogP contribution in [0, 0.1) is 0 Å². The van der Waals surface area contributed by atoms with E-state index in [1.165, 1.54) is 6.92 Å². The summed E-state index contributed by atoms with van der Waals surface area (Å²) in [6.07, 6.45) is 0.867. The fourth-order valence-corrected chi connectivity index (χ4v) is 0.638. The van der Waals surface area contributed by atoms with Gasteiger partial charge in [0.05, 0.1) is 0 Å².